The van der Waals surface area contributed by atoms with E-state index in [1.807, 2.05) is 0 Å². The molecule has 2 aromatic carbocycles. The predicted octanol–water partition coefficient (Wildman–Crippen LogP) is -0.212. The van der Waals surface area contributed by atoms with Gasteiger partial charge >= 0.3 is 0 Å². The third-order valence-corrected chi connectivity index (χ3v) is 17.5. The maximum absolute atomic E-state index is 15.0. The van der Waals surface area contributed by atoms with E-state index in [9.17, 15) is 58.2 Å². The standard InChI is InChI=1S/C62H78N14O14/c1-35-51(69-59(87)53-45(77)29-37-17-5-7-19-39(37)67-53)61(89)75-27-15-11-21-41(75)55(83)63-31-47(79)72(4)34-50(82)74-26-14-10-24-44(74)58(86)66-36(2)52(70-60(88)54-46(78)30-38-18-6-8-20-40(38)68-54)62(90)76-28-16-12-22-42(76)56(84)64-32-48(80)71(3)33-49(81)73-25-13-9-23-43(73)57(85)65-35/h5-8,17-20,29-30,35-36,41-44,51-52,77-78H,9-16,21-28,31-34H2,1-4H3,(H,63,83)(H,64,84)(H,65,85)(H,66,86)(H,69,87)(H,70,88). The number of carbonyl (C=O) groups excluding carboxylic acids is 12. The average molecular weight is 1240 g/mol. The molecule has 0 bridgehead atoms. The maximum atomic E-state index is 15.0. The number of likely N-dealkylation sites (N-methyl/N-ethyl adjacent to an activating group) is 2. The highest BCUT2D eigenvalue weighted by atomic mass is 16.3. The number of nitrogens with one attached hydrogen (secondary N) is 6. The summed E-state index contributed by atoms with van der Waals surface area (Å²) >= 11 is 0. The maximum Gasteiger partial charge on any atom is 0.274 e. The van der Waals surface area contributed by atoms with E-state index in [-0.39, 0.29) is 51.9 Å². The lowest BCUT2D eigenvalue weighted by Crippen LogP contribution is -2.64. The number of aromatic nitrogens is 2. The van der Waals surface area contributed by atoms with Crippen LogP contribution in [0.25, 0.3) is 21.8 Å². The molecule has 12 amide bonds. The fraction of sp³-hybridized carbons (Fsp3) is 0.516. The summed E-state index contributed by atoms with van der Waals surface area (Å²) in [4.78, 5) is 188. The van der Waals surface area contributed by atoms with E-state index >= 15 is 9.59 Å². The number of carbonyl (C=O) groups is 12. The molecule has 0 aliphatic carbocycles. The van der Waals surface area contributed by atoms with Crippen LogP contribution in [0.1, 0.15) is 112 Å². The minimum absolute atomic E-state index is 0.0218. The molecule has 0 radical (unpaired) electrons. The largest absolute Gasteiger partial charge is 0.505 e. The second-order valence-electron chi connectivity index (χ2n) is 23.8. The summed E-state index contributed by atoms with van der Waals surface area (Å²) in [5.41, 5.74) is -0.135. The first-order chi connectivity index (χ1) is 43.1. The molecule has 0 spiro atoms. The lowest BCUT2D eigenvalue weighted by atomic mass is 9.97. The van der Waals surface area contributed by atoms with E-state index < -0.39 is 168 Å². The number of piperidine rings is 4. The zero-order valence-corrected chi connectivity index (χ0v) is 50.9. The Bertz CT molecular complexity index is 3250. The number of rotatable bonds is 4. The minimum atomic E-state index is -1.61. The number of amides is 12. The van der Waals surface area contributed by atoms with E-state index in [0.717, 1.165) is 9.80 Å². The number of benzene rings is 2. The van der Waals surface area contributed by atoms with Gasteiger partial charge in [0.25, 0.3) is 11.8 Å². The summed E-state index contributed by atoms with van der Waals surface area (Å²) in [6.45, 7) is 0.906. The quantitative estimate of drug-likeness (QED) is 0.131. The van der Waals surface area contributed by atoms with Gasteiger partial charge < -0.3 is 71.5 Å². The Morgan fingerprint density at radius 1 is 0.467 bits per heavy atom. The number of fused-ring (bicyclic) bond motifs is 6. The Hall–Kier alpha value is -9.50. The van der Waals surface area contributed by atoms with Crippen molar-refractivity contribution in [2.45, 2.75) is 139 Å². The van der Waals surface area contributed by atoms with Crippen molar-refractivity contribution in [2.24, 2.45) is 0 Å². The van der Waals surface area contributed by atoms with Gasteiger partial charge in [-0.1, -0.05) is 36.4 Å². The van der Waals surface area contributed by atoms with Crippen LogP contribution in [0, 0.1) is 0 Å². The van der Waals surface area contributed by atoms with Crippen molar-refractivity contribution in [1.82, 2.24) is 71.3 Å². The van der Waals surface area contributed by atoms with E-state index in [4.69, 9.17) is 0 Å². The van der Waals surface area contributed by atoms with Gasteiger partial charge in [0.2, 0.25) is 59.1 Å². The molecule has 5 saturated heterocycles. The Kier molecular flexibility index (Phi) is 20.8. The molecule has 5 aliphatic heterocycles. The molecule has 4 aromatic rings. The van der Waals surface area contributed by atoms with E-state index in [2.05, 4.69) is 41.9 Å². The number of aromatic hydroxyl groups is 2. The predicted molar refractivity (Wildman–Crippen MR) is 323 cm³/mol. The van der Waals surface area contributed by atoms with E-state index in [1.54, 1.807) is 48.5 Å². The van der Waals surface area contributed by atoms with Crippen LogP contribution in [0.3, 0.4) is 0 Å². The Balaban J connectivity index is 0.998. The molecule has 5 fully saturated rings. The Morgan fingerprint density at radius 3 is 1.17 bits per heavy atom. The van der Waals surface area contributed by atoms with Crippen molar-refractivity contribution >= 4 is 92.7 Å². The Labute approximate surface area is 519 Å². The normalized spacial score (nSPS) is 25.7. The molecule has 0 saturated carbocycles. The van der Waals surface area contributed by atoms with Crippen LogP contribution in [0.5, 0.6) is 11.5 Å². The third-order valence-electron chi connectivity index (χ3n) is 17.5. The van der Waals surface area contributed by atoms with Gasteiger partial charge in [-0.05, 0) is 115 Å². The van der Waals surface area contributed by atoms with Gasteiger partial charge in [-0.15, -0.1) is 0 Å². The van der Waals surface area contributed by atoms with Crippen LogP contribution in [-0.4, -0.2) is 235 Å². The zero-order chi connectivity index (χ0) is 64.5. The van der Waals surface area contributed by atoms with Crippen LogP contribution >= 0.6 is 0 Å². The highest BCUT2D eigenvalue weighted by Gasteiger charge is 2.44. The number of para-hydroxylation sites is 2. The SMILES string of the molecule is CC1NC(=O)C2CCCCN2C(=O)CN(C)C(=O)CNC(=O)C2CCCCN2C(=O)C(NC(=O)c2nc3ccccc3cc2O)C(C)NC(=O)C2CCCCN2C(=O)CN(C)C(=O)CNC(=O)C2CCCCN2C(=O)C1NC(=O)c1nc2ccccc2cc1O. The summed E-state index contributed by atoms with van der Waals surface area (Å²) in [5, 5.41) is 39.3. The molecule has 9 rings (SSSR count). The van der Waals surface area contributed by atoms with Crippen molar-refractivity contribution in [3.05, 3.63) is 72.1 Å². The van der Waals surface area contributed by atoms with Crippen molar-refractivity contribution in [3.8, 4) is 11.5 Å². The number of hydrogen-bond donors (Lipinski definition) is 8. The molecular formula is C62H78N14O14. The lowest BCUT2D eigenvalue weighted by Gasteiger charge is -2.40. The van der Waals surface area contributed by atoms with E-state index in [0.29, 0.717) is 73.2 Å². The second kappa shape index (κ2) is 28.8. The minimum Gasteiger partial charge on any atom is -0.505 e. The molecule has 28 nitrogen and oxygen atoms in total. The summed E-state index contributed by atoms with van der Waals surface area (Å²) < 4.78 is 0. The molecule has 8 unspecified atom stereocenters. The van der Waals surface area contributed by atoms with Crippen molar-refractivity contribution in [2.75, 3.05) is 66.5 Å². The smallest absolute Gasteiger partial charge is 0.274 e. The monoisotopic (exact) mass is 1240 g/mol. The summed E-state index contributed by atoms with van der Waals surface area (Å²) in [7, 11) is 2.68. The number of hydrogen-bond acceptors (Lipinski definition) is 16. The van der Waals surface area contributed by atoms with Crippen molar-refractivity contribution in [3.63, 3.8) is 0 Å². The topological polar surface area (TPSA) is 363 Å². The third kappa shape index (κ3) is 14.8. The number of nitrogens with zero attached hydrogens (tertiary/aromatic N) is 8. The molecule has 8 atom stereocenters. The average Bonchev–Trinajstić information content (AvgIpc) is 0.974. The van der Waals surface area contributed by atoms with E-state index in [1.165, 1.54) is 59.7 Å². The fourth-order valence-electron chi connectivity index (χ4n) is 12.5. The van der Waals surface area contributed by atoms with Gasteiger partial charge in [-0.2, -0.15) is 0 Å². The highest BCUT2D eigenvalue weighted by Crippen LogP contribution is 2.27. The van der Waals surface area contributed by atoms with Gasteiger partial charge in [0.15, 0.2) is 11.4 Å². The first-order valence-electron chi connectivity index (χ1n) is 30.7. The van der Waals surface area contributed by atoms with Crippen LogP contribution in [0.2, 0.25) is 0 Å². The lowest BCUT2D eigenvalue weighted by molar-refractivity contribution is -0.148. The molecule has 7 heterocycles. The van der Waals surface area contributed by atoms with Crippen LogP contribution in [-0.2, 0) is 47.9 Å². The molecule has 480 valence electrons. The number of pyridine rings is 2. The first-order valence-corrected chi connectivity index (χ1v) is 30.7. The van der Waals surface area contributed by atoms with Crippen LogP contribution in [0.15, 0.2) is 60.7 Å². The summed E-state index contributed by atoms with van der Waals surface area (Å²) in [5.74, 6) is -10.0. The molecule has 5 aliphatic rings. The summed E-state index contributed by atoms with van der Waals surface area (Å²) in [6.07, 6.45) is 4.55. The van der Waals surface area contributed by atoms with Gasteiger partial charge in [0.05, 0.1) is 49.3 Å². The second-order valence-corrected chi connectivity index (χ2v) is 23.8. The summed E-state index contributed by atoms with van der Waals surface area (Å²) in [6, 6.07) is 5.82. The zero-order valence-electron chi connectivity index (χ0n) is 50.9. The molecule has 90 heavy (non-hydrogen) atoms. The fourth-order valence-corrected chi connectivity index (χ4v) is 12.5. The van der Waals surface area contributed by atoms with Gasteiger partial charge in [0, 0.05) is 51.0 Å². The Morgan fingerprint density at radius 2 is 0.800 bits per heavy atom. The van der Waals surface area contributed by atoms with Crippen molar-refractivity contribution in [1.29, 1.82) is 0 Å². The molecule has 8 N–H and O–H groups in total. The molecule has 2 aromatic heterocycles. The van der Waals surface area contributed by atoms with Gasteiger partial charge in [0.1, 0.15) is 47.8 Å². The van der Waals surface area contributed by atoms with Crippen molar-refractivity contribution < 1.29 is 67.7 Å². The van der Waals surface area contributed by atoms with Crippen LogP contribution in [0.4, 0.5) is 0 Å². The highest BCUT2D eigenvalue weighted by molar-refractivity contribution is 6.03. The molecular weight excluding hydrogens is 1160 g/mol. The first kappa shape index (κ1) is 65.0. The van der Waals surface area contributed by atoms with Gasteiger partial charge in [-0.3, -0.25) is 57.5 Å². The van der Waals surface area contributed by atoms with Gasteiger partial charge in [-0.25, -0.2) is 9.97 Å². The molecule has 28 heteroatoms. The van der Waals surface area contributed by atoms with Crippen LogP contribution < -0.4 is 31.9 Å².